The molecule has 6 heteroatoms. The van der Waals surface area contributed by atoms with Crippen molar-refractivity contribution in [1.29, 1.82) is 0 Å². The van der Waals surface area contributed by atoms with Crippen LogP contribution in [0.25, 0.3) is 0 Å². The minimum atomic E-state index is -0.455. The number of ether oxygens (including phenoxy) is 1. The summed E-state index contributed by atoms with van der Waals surface area (Å²) in [5.41, 5.74) is 0.561. The molecule has 0 radical (unpaired) electrons. The zero-order valence-corrected chi connectivity index (χ0v) is 11.3. The van der Waals surface area contributed by atoms with Gasteiger partial charge in [-0.25, -0.2) is 4.79 Å². The summed E-state index contributed by atoms with van der Waals surface area (Å²) in [6.45, 7) is 3.74. The van der Waals surface area contributed by atoms with Gasteiger partial charge >= 0.3 is 6.03 Å². The van der Waals surface area contributed by atoms with Crippen molar-refractivity contribution in [2.75, 3.05) is 18.9 Å². The fraction of sp³-hybridized carbons (Fsp3) is 0.385. The number of carbonyl (C=O) groups excluding carboxylic acids is 2. The van der Waals surface area contributed by atoms with Crippen molar-refractivity contribution in [2.45, 2.75) is 20.0 Å². The molecule has 0 aliphatic rings. The van der Waals surface area contributed by atoms with E-state index in [0.717, 1.165) is 0 Å². The zero-order chi connectivity index (χ0) is 14.3. The summed E-state index contributed by atoms with van der Waals surface area (Å²) in [5, 5.41) is 7.50. The highest BCUT2D eigenvalue weighted by molar-refractivity contribution is 5.93. The average molecular weight is 265 g/mol. The molecule has 0 spiro atoms. The predicted octanol–water partition coefficient (Wildman–Crippen LogP) is 1.34. The van der Waals surface area contributed by atoms with E-state index in [4.69, 9.17) is 4.74 Å². The summed E-state index contributed by atoms with van der Waals surface area (Å²) in [6, 6.07) is 6.67. The molecule has 0 fully saturated rings. The summed E-state index contributed by atoms with van der Waals surface area (Å²) < 4.78 is 5.57. The third kappa shape index (κ3) is 5.29. The van der Waals surface area contributed by atoms with Crippen LogP contribution in [0.15, 0.2) is 24.3 Å². The fourth-order valence-electron chi connectivity index (χ4n) is 1.34. The summed E-state index contributed by atoms with van der Waals surface area (Å²) in [7, 11) is 1.51. The second-order valence-electron chi connectivity index (χ2n) is 4.14. The first-order valence-electron chi connectivity index (χ1n) is 6.04. The van der Waals surface area contributed by atoms with Crippen LogP contribution in [0.1, 0.15) is 13.8 Å². The van der Waals surface area contributed by atoms with E-state index in [1.807, 2.05) is 19.9 Å². The van der Waals surface area contributed by atoms with Gasteiger partial charge in [0.1, 0.15) is 5.75 Å². The lowest BCUT2D eigenvalue weighted by Gasteiger charge is -2.14. The average Bonchev–Trinajstić information content (AvgIpc) is 2.37. The second-order valence-corrected chi connectivity index (χ2v) is 4.14. The van der Waals surface area contributed by atoms with Gasteiger partial charge in [-0.1, -0.05) is 12.1 Å². The van der Waals surface area contributed by atoms with Gasteiger partial charge in [0.2, 0.25) is 5.91 Å². The number of hydrogen-bond acceptors (Lipinski definition) is 3. The summed E-state index contributed by atoms with van der Waals surface area (Å²) in [5.74, 6) is 0.328. The second kappa shape index (κ2) is 7.25. The van der Waals surface area contributed by atoms with Gasteiger partial charge in [-0.15, -0.1) is 0 Å². The minimum Gasteiger partial charge on any atom is -0.489 e. The molecule has 0 aromatic heterocycles. The molecule has 0 unspecified atom stereocenters. The van der Waals surface area contributed by atoms with Crippen molar-refractivity contribution in [3.63, 3.8) is 0 Å². The first-order valence-corrected chi connectivity index (χ1v) is 6.04. The fourth-order valence-corrected chi connectivity index (χ4v) is 1.34. The van der Waals surface area contributed by atoms with Crippen molar-refractivity contribution in [1.82, 2.24) is 10.6 Å². The molecule has 6 nitrogen and oxygen atoms in total. The van der Waals surface area contributed by atoms with Crippen molar-refractivity contribution in [2.24, 2.45) is 0 Å². The summed E-state index contributed by atoms with van der Waals surface area (Å²) in [4.78, 5) is 22.6. The quantitative estimate of drug-likeness (QED) is 0.751. The minimum absolute atomic E-state index is 0.0110. The highest BCUT2D eigenvalue weighted by atomic mass is 16.5. The molecule has 3 amide bonds. The van der Waals surface area contributed by atoms with Crippen molar-refractivity contribution in [3.05, 3.63) is 24.3 Å². The van der Waals surface area contributed by atoms with Gasteiger partial charge in [0.15, 0.2) is 0 Å². The number of amides is 3. The Kier molecular flexibility index (Phi) is 5.66. The van der Waals surface area contributed by atoms with Crippen LogP contribution in [0.5, 0.6) is 5.75 Å². The first kappa shape index (κ1) is 14.8. The number of rotatable bonds is 5. The number of carbonyl (C=O) groups is 2. The lowest BCUT2D eigenvalue weighted by Crippen LogP contribution is -2.37. The number of hydrogen-bond donors (Lipinski definition) is 3. The lowest BCUT2D eigenvalue weighted by atomic mass is 10.3. The Bertz CT molecular complexity index is 447. The maximum atomic E-state index is 11.6. The molecule has 1 aromatic carbocycles. The van der Waals surface area contributed by atoms with Crippen molar-refractivity contribution < 1.29 is 14.3 Å². The van der Waals surface area contributed by atoms with E-state index in [9.17, 15) is 9.59 Å². The lowest BCUT2D eigenvalue weighted by molar-refractivity contribution is -0.119. The first-order chi connectivity index (χ1) is 9.02. The van der Waals surface area contributed by atoms with E-state index in [0.29, 0.717) is 11.4 Å². The normalized spacial score (nSPS) is 9.89. The molecule has 0 saturated carbocycles. The number of nitrogens with one attached hydrogen (secondary N) is 3. The summed E-state index contributed by atoms with van der Waals surface area (Å²) >= 11 is 0. The Labute approximate surface area is 112 Å². The van der Waals surface area contributed by atoms with Crippen LogP contribution >= 0.6 is 0 Å². The SMILES string of the molecule is CNC(=O)CNC(=O)Nc1ccccc1OC(C)C. The number of para-hydroxylation sites is 2. The van der Waals surface area contributed by atoms with Gasteiger partial charge in [0.05, 0.1) is 18.3 Å². The van der Waals surface area contributed by atoms with Crippen LogP contribution in [-0.4, -0.2) is 31.6 Å². The number of urea groups is 1. The van der Waals surface area contributed by atoms with Crippen LogP contribution < -0.4 is 20.7 Å². The van der Waals surface area contributed by atoms with E-state index in [-0.39, 0.29) is 18.6 Å². The van der Waals surface area contributed by atoms with Gasteiger partial charge in [-0.05, 0) is 26.0 Å². The monoisotopic (exact) mass is 265 g/mol. The maximum absolute atomic E-state index is 11.6. The predicted molar refractivity (Wildman–Crippen MR) is 73.3 cm³/mol. The van der Waals surface area contributed by atoms with Gasteiger partial charge in [-0.2, -0.15) is 0 Å². The van der Waals surface area contributed by atoms with Crippen LogP contribution in [0, 0.1) is 0 Å². The smallest absolute Gasteiger partial charge is 0.319 e. The molecule has 3 N–H and O–H groups in total. The van der Waals surface area contributed by atoms with Gasteiger partial charge in [0.25, 0.3) is 0 Å². The summed E-state index contributed by atoms with van der Waals surface area (Å²) in [6.07, 6.45) is 0.0110. The van der Waals surface area contributed by atoms with Crippen molar-refractivity contribution >= 4 is 17.6 Å². The van der Waals surface area contributed by atoms with E-state index in [1.54, 1.807) is 18.2 Å². The standard InChI is InChI=1S/C13H19N3O3/c1-9(2)19-11-7-5-4-6-10(11)16-13(18)15-8-12(17)14-3/h4-7,9H,8H2,1-3H3,(H,14,17)(H2,15,16,18). The Balaban J connectivity index is 2.61. The molecular formula is C13H19N3O3. The molecule has 19 heavy (non-hydrogen) atoms. The van der Waals surface area contributed by atoms with Crippen molar-refractivity contribution in [3.8, 4) is 5.75 Å². The maximum Gasteiger partial charge on any atom is 0.319 e. The molecule has 0 atom stereocenters. The largest absolute Gasteiger partial charge is 0.489 e. The Morgan fingerprint density at radius 1 is 1.26 bits per heavy atom. The molecular weight excluding hydrogens is 246 g/mol. The van der Waals surface area contributed by atoms with Gasteiger partial charge < -0.3 is 20.7 Å². The topological polar surface area (TPSA) is 79.5 Å². The highest BCUT2D eigenvalue weighted by Gasteiger charge is 2.09. The molecule has 0 saturated heterocycles. The molecule has 0 aliphatic heterocycles. The Morgan fingerprint density at radius 3 is 2.58 bits per heavy atom. The van der Waals surface area contributed by atoms with E-state index in [2.05, 4.69) is 16.0 Å². The highest BCUT2D eigenvalue weighted by Crippen LogP contribution is 2.24. The Morgan fingerprint density at radius 2 is 1.95 bits per heavy atom. The van der Waals surface area contributed by atoms with Crippen LogP contribution in [0.2, 0.25) is 0 Å². The van der Waals surface area contributed by atoms with E-state index >= 15 is 0 Å². The van der Waals surface area contributed by atoms with E-state index < -0.39 is 6.03 Å². The Hall–Kier alpha value is -2.24. The molecule has 1 rings (SSSR count). The van der Waals surface area contributed by atoms with Gasteiger partial charge in [0, 0.05) is 7.05 Å². The molecule has 0 heterocycles. The van der Waals surface area contributed by atoms with Crippen LogP contribution in [-0.2, 0) is 4.79 Å². The molecule has 0 bridgehead atoms. The van der Waals surface area contributed by atoms with E-state index in [1.165, 1.54) is 7.05 Å². The van der Waals surface area contributed by atoms with Crippen LogP contribution in [0.3, 0.4) is 0 Å². The van der Waals surface area contributed by atoms with Gasteiger partial charge in [-0.3, -0.25) is 4.79 Å². The molecule has 0 aliphatic carbocycles. The number of anilines is 1. The van der Waals surface area contributed by atoms with Crippen LogP contribution in [0.4, 0.5) is 10.5 Å². The zero-order valence-electron chi connectivity index (χ0n) is 11.3. The third-order valence-electron chi connectivity index (χ3n) is 2.19. The molecule has 104 valence electrons. The third-order valence-corrected chi connectivity index (χ3v) is 2.19. The number of likely N-dealkylation sites (N-methyl/N-ethyl adjacent to an activating group) is 1. The molecule has 1 aromatic rings. The number of benzene rings is 1.